The van der Waals surface area contributed by atoms with Crippen LogP contribution in [0.2, 0.25) is 0 Å². The van der Waals surface area contributed by atoms with Crippen molar-refractivity contribution in [1.29, 1.82) is 0 Å². The Kier molecular flexibility index (Phi) is 10.8. The predicted octanol–water partition coefficient (Wildman–Crippen LogP) is 13.9. The molecular weight excluding hydrogens is 807 g/mol. The van der Waals surface area contributed by atoms with Crippen molar-refractivity contribution in [1.82, 2.24) is 4.98 Å². The molecule has 0 bridgehead atoms. The molecule has 1 nitrogen and oxygen atoms in total. The van der Waals surface area contributed by atoms with E-state index in [-0.39, 0.29) is 25.5 Å². The molecule has 1 heterocycles. The number of hydrogen-bond donors (Lipinski definition) is 0. The quantitative estimate of drug-likeness (QED) is 0.118. The van der Waals surface area contributed by atoms with Crippen molar-refractivity contribution in [2.24, 2.45) is 0 Å². The van der Waals surface area contributed by atoms with Gasteiger partial charge in [-0.1, -0.05) is 172 Å². The first kappa shape index (κ1) is 35.5. The van der Waals surface area contributed by atoms with Crippen LogP contribution >= 0.6 is 0 Å². The summed E-state index contributed by atoms with van der Waals surface area (Å²) in [5.41, 5.74) is 17.4. The van der Waals surface area contributed by atoms with E-state index in [0.29, 0.717) is 0 Å². The molecule has 0 N–H and O–H groups in total. The Labute approximate surface area is 323 Å². The molecule has 0 saturated carbocycles. The summed E-state index contributed by atoms with van der Waals surface area (Å²) >= 11 is 0. The molecule has 1 aliphatic rings. The fourth-order valence-electron chi connectivity index (χ4n) is 8.15. The van der Waals surface area contributed by atoms with Crippen molar-refractivity contribution in [2.45, 2.75) is 57.8 Å². The summed E-state index contributed by atoms with van der Waals surface area (Å²) in [5, 5.41) is 0. The van der Waals surface area contributed by atoms with E-state index in [1.54, 1.807) is 0 Å². The van der Waals surface area contributed by atoms with E-state index in [4.69, 9.17) is 4.98 Å². The molecule has 7 aromatic rings. The monoisotopic (exact) mass is 851 g/mol. The van der Waals surface area contributed by atoms with Crippen LogP contribution in [0.15, 0.2) is 158 Å². The van der Waals surface area contributed by atoms with Crippen LogP contribution in [0, 0.1) is 6.07 Å². The zero-order valence-electron chi connectivity index (χ0n) is 30.0. The van der Waals surface area contributed by atoms with Crippen LogP contribution in [0.3, 0.4) is 0 Å². The van der Waals surface area contributed by atoms with Gasteiger partial charge in [0.2, 0.25) is 0 Å². The number of unbranched alkanes of at least 4 members (excludes halogenated alkanes) is 2. The molecule has 0 fully saturated rings. The van der Waals surface area contributed by atoms with Crippen molar-refractivity contribution in [2.75, 3.05) is 0 Å². The minimum Gasteiger partial charge on any atom is -0.304 e. The third kappa shape index (κ3) is 6.86. The van der Waals surface area contributed by atoms with Gasteiger partial charge in [-0.05, 0) is 86.8 Å². The molecule has 259 valence electrons. The number of hydrogen-bond acceptors (Lipinski definition) is 1. The Morgan fingerprint density at radius 2 is 1.00 bits per heavy atom. The van der Waals surface area contributed by atoms with Gasteiger partial charge in [0.25, 0.3) is 0 Å². The van der Waals surface area contributed by atoms with Gasteiger partial charge < -0.3 is 4.98 Å². The van der Waals surface area contributed by atoms with E-state index >= 15 is 0 Å². The second-order valence-electron chi connectivity index (χ2n) is 14.0. The summed E-state index contributed by atoms with van der Waals surface area (Å²) in [4.78, 5) is 5.03. The van der Waals surface area contributed by atoms with Gasteiger partial charge in [0.1, 0.15) is 0 Å². The Morgan fingerprint density at radius 3 is 1.56 bits per heavy atom. The van der Waals surface area contributed by atoms with E-state index in [1.807, 2.05) is 6.20 Å². The van der Waals surface area contributed by atoms with Gasteiger partial charge >= 0.3 is 0 Å². The summed E-state index contributed by atoms with van der Waals surface area (Å²) in [7, 11) is 0. The smallest absolute Gasteiger partial charge is 0.0239 e. The third-order valence-corrected chi connectivity index (χ3v) is 10.8. The van der Waals surface area contributed by atoms with E-state index in [9.17, 15) is 0 Å². The molecule has 52 heavy (non-hydrogen) atoms. The summed E-state index contributed by atoms with van der Waals surface area (Å²) in [6.07, 6.45) is 9.25. The van der Waals surface area contributed by atoms with Gasteiger partial charge in [0, 0.05) is 31.7 Å². The molecule has 0 saturated heterocycles. The molecule has 6 aromatic carbocycles. The molecule has 0 spiro atoms. The maximum atomic E-state index is 5.03. The molecule has 0 atom stereocenters. The van der Waals surface area contributed by atoms with Gasteiger partial charge in [-0.25, -0.2) is 0 Å². The number of pyridine rings is 1. The Bertz CT molecular complexity index is 2280. The van der Waals surface area contributed by atoms with Crippen molar-refractivity contribution in [3.63, 3.8) is 0 Å². The van der Waals surface area contributed by atoms with Gasteiger partial charge in [0.05, 0.1) is 0 Å². The van der Waals surface area contributed by atoms with Crippen LogP contribution < -0.4 is 0 Å². The molecule has 8 rings (SSSR count). The predicted molar refractivity (Wildman–Crippen MR) is 216 cm³/mol. The first-order valence-electron chi connectivity index (χ1n) is 18.7. The maximum Gasteiger partial charge on any atom is 0.0239 e. The Balaban J connectivity index is 0.00000420. The van der Waals surface area contributed by atoms with Crippen molar-refractivity contribution < 1.29 is 20.1 Å². The van der Waals surface area contributed by atoms with Crippen molar-refractivity contribution in [3.05, 3.63) is 175 Å². The average molecular weight is 851 g/mol. The van der Waals surface area contributed by atoms with E-state index in [1.165, 1.54) is 94.2 Å². The summed E-state index contributed by atoms with van der Waals surface area (Å²) in [5.74, 6) is 0. The summed E-state index contributed by atoms with van der Waals surface area (Å²) < 4.78 is 0. The fourth-order valence-corrected chi connectivity index (χ4v) is 8.15. The van der Waals surface area contributed by atoms with Gasteiger partial charge in [0.15, 0.2) is 0 Å². The molecule has 2 heteroatoms. The number of nitrogens with zero attached hydrogens (tertiary/aromatic N) is 1. The number of aromatic nitrogens is 1. The van der Waals surface area contributed by atoms with Gasteiger partial charge in [-0.15, -0.1) is 29.3 Å². The fraction of sp³-hybridized carbons (Fsp3) is 0.180. The second kappa shape index (κ2) is 15.8. The Hall–Kier alpha value is -4.88. The molecule has 1 aromatic heterocycles. The number of rotatable bonds is 11. The first-order valence-corrected chi connectivity index (χ1v) is 18.7. The average Bonchev–Trinajstić information content (AvgIpc) is 3.48. The second-order valence-corrected chi connectivity index (χ2v) is 14.0. The van der Waals surface area contributed by atoms with E-state index < -0.39 is 0 Å². The van der Waals surface area contributed by atoms with Crippen LogP contribution in [0.25, 0.3) is 66.9 Å². The molecule has 0 amide bonds. The Morgan fingerprint density at radius 1 is 0.481 bits per heavy atom. The summed E-state index contributed by atoms with van der Waals surface area (Å²) in [6, 6.07) is 58.8. The standard InChI is InChI=1S/C50H44N.Ir/c1-3-5-29-50(30-6-4-2)47-24-11-10-23-45(47)46-27-25-43(34-48(46)50)49-28-26-44(35-51-49)42-22-14-21-41(33-42)40-20-13-19-39(32-40)38-18-12-17-37(31-38)36-15-8-7-9-16-36;/h7-24,26-28,31-35H,3-6,29-30H2,1-2H3;/q-1;. The van der Waals surface area contributed by atoms with Crippen molar-refractivity contribution in [3.8, 4) is 66.9 Å². The molecule has 0 aliphatic heterocycles. The molecular formula is C50H44IrN-. The van der Waals surface area contributed by atoms with Crippen LogP contribution in [-0.2, 0) is 25.5 Å². The van der Waals surface area contributed by atoms with Crippen LogP contribution in [-0.4, -0.2) is 4.98 Å². The number of benzene rings is 6. The normalized spacial score (nSPS) is 12.5. The first-order chi connectivity index (χ1) is 25.2. The maximum absolute atomic E-state index is 5.03. The largest absolute Gasteiger partial charge is 0.304 e. The van der Waals surface area contributed by atoms with Gasteiger partial charge in [-0.3, -0.25) is 0 Å². The minimum atomic E-state index is 0. The number of fused-ring (bicyclic) bond motifs is 3. The SMILES string of the molecule is CCCCC1(CCCC)c2ccccc2-c2c[c-]c(-c3ccc(-c4cccc(-c5cccc(-c6cccc(-c7ccccc7)c6)c5)c4)cn3)cc21.[Ir]. The molecule has 0 unspecified atom stereocenters. The van der Waals surface area contributed by atoms with Crippen LogP contribution in [0.4, 0.5) is 0 Å². The van der Waals surface area contributed by atoms with Gasteiger partial charge in [-0.2, -0.15) is 0 Å². The van der Waals surface area contributed by atoms with Crippen LogP contribution in [0.1, 0.15) is 63.5 Å². The zero-order valence-corrected chi connectivity index (χ0v) is 32.4. The molecule has 1 aliphatic carbocycles. The van der Waals surface area contributed by atoms with E-state index in [0.717, 1.165) is 22.4 Å². The topological polar surface area (TPSA) is 12.9 Å². The van der Waals surface area contributed by atoms with Crippen molar-refractivity contribution >= 4 is 0 Å². The summed E-state index contributed by atoms with van der Waals surface area (Å²) in [6.45, 7) is 4.62. The molecule has 1 radical (unpaired) electrons. The zero-order chi connectivity index (χ0) is 34.6. The van der Waals surface area contributed by atoms with E-state index in [2.05, 4.69) is 172 Å². The van der Waals surface area contributed by atoms with Crippen LogP contribution in [0.5, 0.6) is 0 Å². The third-order valence-electron chi connectivity index (χ3n) is 10.8. The minimum absolute atomic E-state index is 0.